The van der Waals surface area contributed by atoms with Crippen molar-refractivity contribution >= 4 is 70.4 Å². The van der Waals surface area contributed by atoms with Crippen molar-refractivity contribution in [3.63, 3.8) is 0 Å². The van der Waals surface area contributed by atoms with E-state index in [0.717, 1.165) is 85.0 Å². The fourth-order valence-corrected chi connectivity index (χ4v) is 9.66. The number of fused-ring (bicyclic) bond motifs is 2. The molecule has 2 saturated carbocycles. The number of amides is 2. The smallest absolute Gasteiger partial charge is 0.223 e. The molecule has 4 aromatic carbocycles. The molecular formula is C50H54Cl2N4O4. The number of aryl methyl sites for hydroxylation is 2. The molecule has 2 amide bonds. The Morgan fingerprint density at radius 3 is 1.40 bits per heavy atom. The molecule has 2 aliphatic carbocycles. The van der Waals surface area contributed by atoms with Crippen LogP contribution in [0.1, 0.15) is 110 Å². The molecule has 2 fully saturated rings. The zero-order valence-electron chi connectivity index (χ0n) is 34.5. The van der Waals surface area contributed by atoms with Gasteiger partial charge in [-0.3, -0.25) is 29.2 Å². The Morgan fingerprint density at radius 1 is 0.600 bits per heavy atom. The summed E-state index contributed by atoms with van der Waals surface area (Å²) < 4.78 is 0. The van der Waals surface area contributed by atoms with Crippen LogP contribution in [0.3, 0.4) is 0 Å². The number of aliphatic imine (C=N–C) groups is 2. The summed E-state index contributed by atoms with van der Waals surface area (Å²) in [5.41, 5.74) is 8.53. The highest BCUT2D eigenvalue weighted by molar-refractivity contribution is 6.32. The van der Waals surface area contributed by atoms with E-state index in [1.54, 1.807) is 13.8 Å². The van der Waals surface area contributed by atoms with Crippen LogP contribution in [-0.2, 0) is 44.9 Å². The summed E-state index contributed by atoms with van der Waals surface area (Å²) in [6, 6.07) is 27.6. The minimum Gasteiger partial charge on any atom is -0.346 e. The number of halogens is 2. The first kappa shape index (κ1) is 43.2. The molecule has 0 saturated heterocycles. The molecule has 312 valence electrons. The van der Waals surface area contributed by atoms with Gasteiger partial charge in [0, 0.05) is 71.1 Å². The Bertz CT molecular complexity index is 2100. The standard InChI is InChI=1S/2C25H27ClN2O2/c2*1-16(24(29)10-7-17-13-22(26)21-11-12-27-23(21)14-17)28-25(30)20-9-8-19(15-20)18-5-3-2-4-6-18/h2*2-6,12-14,16,19-20H,7-11,15H2,1H3,(H,28,30)/t2*16-,19+,20+/m00/s1. The van der Waals surface area contributed by atoms with E-state index >= 15 is 0 Å². The third-order valence-corrected chi connectivity index (χ3v) is 13.3. The van der Waals surface area contributed by atoms with Crippen molar-refractivity contribution in [2.24, 2.45) is 21.8 Å². The van der Waals surface area contributed by atoms with Gasteiger partial charge in [-0.2, -0.15) is 0 Å². The van der Waals surface area contributed by atoms with Gasteiger partial charge in [0.25, 0.3) is 0 Å². The molecule has 6 atom stereocenters. The van der Waals surface area contributed by atoms with Crippen LogP contribution in [0, 0.1) is 11.8 Å². The Morgan fingerprint density at radius 2 is 1.00 bits per heavy atom. The van der Waals surface area contributed by atoms with Gasteiger partial charge in [0.2, 0.25) is 11.8 Å². The number of carbonyl (C=O) groups excluding carboxylic acids is 4. The largest absolute Gasteiger partial charge is 0.346 e. The van der Waals surface area contributed by atoms with E-state index in [9.17, 15) is 19.2 Å². The van der Waals surface area contributed by atoms with Crippen LogP contribution in [0.15, 0.2) is 94.9 Å². The molecule has 0 radical (unpaired) electrons. The third-order valence-electron chi connectivity index (χ3n) is 12.7. The van der Waals surface area contributed by atoms with Gasteiger partial charge < -0.3 is 10.6 Å². The Hall–Kier alpha value is -4.92. The minimum absolute atomic E-state index is 0.00388. The number of carbonyl (C=O) groups is 4. The van der Waals surface area contributed by atoms with Crippen LogP contribution in [0.2, 0.25) is 10.0 Å². The van der Waals surface area contributed by atoms with Crippen LogP contribution >= 0.6 is 23.2 Å². The highest BCUT2D eigenvalue weighted by Gasteiger charge is 2.33. The molecule has 2 N–H and O–H groups in total. The Balaban J connectivity index is 0.000000181. The van der Waals surface area contributed by atoms with Gasteiger partial charge in [-0.15, -0.1) is 0 Å². The maximum absolute atomic E-state index is 12.7. The molecule has 8 rings (SSSR count). The lowest BCUT2D eigenvalue weighted by molar-refractivity contribution is -0.129. The van der Waals surface area contributed by atoms with Crippen molar-refractivity contribution in [3.05, 3.63) is 128 Å². The second-order valence-corrected chi connectivity index (χ2v) is 17.6. The number of nitrogens with one attached hydrogen (secondary N) is 2. The lowest BCUT2D eigenvalue weighted by Crippen LogP contribution is -2.41. The first-order valence-corrected chi connectivity index (χ1v) is 22.2. The van der Waals surface area contributed by atoms with E-state index in [-0.39, 0.29) is 35.2 Å². The van der Waals surface area contributed by atoms with Crippen molar-refractivity contribution in [1.29, 1.82) is 0 Å². The summed E-state index contributed by atoms with van der Waals surface area (Å²) in [4.78, 5) is 59.2. The zero-order valence-corrected chi connectivity index (χ0v) is 36.0. The summed E-state index contributed by atoms with van der Waals surface area (Å²) in [7, 11) is 0. The van der Waals surface area contributed by atoms with Gasteiger partial charge in [-0.1, -0.05) is 83.9 Å². The number of rotatable bonds is 14. The van der Waals surface area contributed by atoms with E-state index in [1.807, 2.05) is 73.1 Å². The van der Waals surface area contributed by atoms with Gasteiger partial charge in [-0.05, 0) is 124 Å². The topological polar surface area (TPSA) is 117 Å². The number of hydrogen-bond donors (Lipinski definition) is 2. The van der Waals surface area contributed by atoms with Crippen LogP contribution in [0.25, 0.3) is 0 Å². The average molecular weight is 846 g/mol. The molecule has 10 heteroatoms. The monoisotopic (exact) mass is 844 g/mol. The molecule has 0 aromatic heterocycles. The molecule has 0 spiro atoms. The molecule has 0 unspecified atom stereocenters. The maximum Gasteiger partial charge on any atom is 0.223 e. The zero-order chi connectivity index (χ0) is 42.2. The van der Waals surface area contributed by atoms with Gasteiger partial charge in [-0.25, -0.2) is 0 Å². The molecule has 2 aliphatic heterocycles. The molecule has 8 nitrogen and oxygen atoms in total. The predicted octanol–water partition coefficient (Wildman–Crippen LogP) is 10.4. The number of benzene rings is 4. The Kier molecular flexibility index (Phi) is 14.5. The molecular weight excluding hydrogens is 791 g/mol. The SMILES string of the molecule is C[C@H](NC(=O)[C@@H]1CC[C@@H](c2ccccc2)C1)C(=O)CCc1cc(Cl)c2c(c1)N=CC2.C[C@H](NC(=O)[C@@H]1CC[C@@H](c2ccccc2)C1)C(=O)CCc1cc(Cl)c2c(c1)N=CC2. The van der Waals surface area contributed by atoms with E-state index < -0.39 is 12.1 Å². The summed E-state index contributed by atoms with van der Waals surface area (Å²) in [5, 5.41) is 7.31. The molecule has 0 bridgehead atoms. The number of hydrogen-bond acceptors (Lipinski definition) is 6. The maximum atomic E-state index is 12.7. The summed E-state index contributed by atoms with van der Waals surface area (Å²) >= 11 is 12.7. The second kappa shape index (κ2) is 20.1. The minimum atomic E-state index is -0.476. The van der Waals surface area contributed by atoms with E-state index in [0.29, 0.717) is 47.6 Å². The predicted molar refractivity (Wildman–Crippen MR) is 242 cm³/mol. The quantitative estimate of drug-likeness (QED) is 0.131. The average Bonchev–Trinajstić information content (AvgIpc) is 4.10. The lowest BCUT2D eigenvalue weighted by atomic mass is 9.96. The Labute approximate surface area is 363 Å². The van der Waals surface area contributed by atoms with E-state index in [1.165, 1.54) is 11.1 Å². The van der Waals surface area contributed by atoms with Crippen LogP contribution in [0.4, 0.5) is 11.4 Å². The van der Waals surface area contributed by atoms with Gasteiger partial charge >= 0.3 is 0 Å². The molecule has 2 heterocycles. The highest BCUT2D eigenvalue weighted by Crippen LogP contribution is 2.40. The van der Waals surface area contributed by atoms with Crippen LogP contribution in [-0.4, -0.2) is 47.9 Å². The number of ketones is 2. The number of nitrogens with zero attached hydrogens (tertiary/aromatic N) is 2. The first-order valence-electron chi connectivity index (χ1n) is 21.5. The molecule has 4 aromatic rings. The first-order chi connectivity index (χ1) is 29.0. The summed E-state index contributed by atoms with van der Waals surface area (Å²) in [5.74, 6) is 0.925. The van der Waals surface area contributed by atoms with E-state index in [2.05, 4.69) is 44.9 Å². The second-order valence-electron chi connectivity index (χ2n) is 16.8. The van der Waals surface area contributed by atoms with Crippen LogP contribution < -0.4 is 10.6 Å². The van der Waals surface area contributed by atoms with Crippen molar-refractivity contribution < 1.29 is 19.2 Å². The normalized spacial score (nSPS) is 20.7. The third kappa shape index (κ3) is 10.9. The van der Waals surface area contributed by atoms with Gasteiger partial charge in [0.1, 0.15) is 0 Å². The summed E-state index contributed by atoms with van der Waals surface area (Å²) in [6.07, 6.45) is 12.7. The molecule has 4 aliphatic rings. The van der Waals surface area contributed by atoms with Crippen molar-refractivity contribution in [2.75, 3.05) is 0 Å². The number of Topliss-reactive ketones (excluding diaryl/α,β-unsaturated/α-hetero) is 2. The van der Waals surface area contributed by atoms with Gasteiger partial charge in [0.05, 0.1) is 23.5 Å². The van der Waals surface area contributed by atoms with Crippen LogP contribution in [0.5, 0.6) is 0 Å². The van der Waals surface area contributed by atoms with Crippen molar-refractivity contribution in [1.82, 2.24) is 10.6 Å². The highest BCUT2D eigenvalue weighted by atomic mass is 35.5. The van der Waals surface area contributed by atoms with E-state index in [4.69, 9.17) is 23.2 Å². The lowest BCUT2D eigenvalue weighted by Gasteiger charge is -2.17. The van der Waals surface area contributed by atoms with Gasteiger partial charge in [0.15, 0.2) is 11.6 Å². The molecule has 60 heavy (non-hydrogen) atoms. The van der Waals surface area contributed by atoms with Crippen molar-refractivity contribution in [3.8, 4) is 0 Å². The summed E-state index contributed by atoms with van der Waals surface area (Å²) in [6.45, 7) is 3.56. The van der Waals surface area contributed by atoms with Crippen molar-refractivity contribution in [2.45, 2.75) is 115 Å². The fourth-order valence-electron chi connectivity index (χ4n) is 9.03. The fraction of sp³-hybridized carbons (Fsp3) is 0.400.